The van der Waals surface area contributed by atoms with Crippen LogP contribution in [0.2, 0.25) is 0 Å². The van der Waals surface area contributed by atoms with E-state index in [9.17, 15) is 36.3 Å². The molecule has 3 atom stereocenters. The van der Waals surface area contributed by atoms with Crippen molar-refractivity contribution in [3.63, 3.8) is 0 Å². The van der Waals surface area contributed by atoms with Gasteiger partial charge >= 0.3 is 6.18 Å². The number of amides is 2. The lowest BCUT2D eigenvalue weighted by molar-refractivity contribution is -0.142. The molecule has 0 unspecified atom stereocenters. The van der Waals surface area contributed by atoms with Crippen LogP contribution in [0, 0.1) is 5.92 Å². The van der Waals surface area contributed by atoms with Crippen molar-refractivity contribution < 1.29 is 45.8 Å². The van der Waals surface area contributed by atoms with Crippen LogP contribution in [0.25, 0.3) is 0 Å². The fourth-order valence-electron chi connectivity index (χ4n) is 4.28. The Kier molecular flexibility index (Phi) is 10.3. The third-order valence-corrected chi connectivity index (χ3v) is 8.63. The molecule has 1 aliphatic heterocycles. The molecule has 1 aliphatic rings. The largest absolute Gasteiger partial charge is 0.497 e. The molecule has 2 aromatic rings. The molecule has 0 fully saturated rings. The summed E-state index contributed by atoms with van der Waals surface area (Å²) in [5, 5.41) is 12.2. The summed E-state index contributed by atoms with van der Waals surface area (Å²) in [6.45, 7) is 3.12. The Balaban J connectivity index is 1.90. The van der Waals surface area contributed by atoms with Crippen molar-refractivity contribution in [3.05, 3.63) is 48.0 Å². The number of aliphatic hydroxyl groups is 1. The molecule has 41 heavy (non-hydrogen) atoms. The van der Waals surface area contributed by atoms with E-state index in [0.717, 1.165) is 4.31 Å². The van der Waals surface area contributed by atoms with Crippen molar-refractivity contribution >= 4 is 27.5 Å². The van der Waals surface area contributed by atoms with Crippen LogP contribution in [-0.2, 0) is 14.8 Å². The number of hydrogen-bond acceptors (Lipinski definition) is 7. The van der Waals surface area contributed by atoms with Gasteiger partial charge in [0.05, 0.1) is 43.2 Å². The number of rotatable bonds is 10. The average molecular weight is 602 g/mol. The Morgan fingerprint density at radius 3 is 2.49 bits per heavy atom. The number of benzene rings is 2. The second-order valence-electron chi connectivity index (χ2n) is 9.96. The van der Waals surface area contributed by atoms with Crippen molar-refractivity contribution in [3.8, 4) is 11.5 Å². The van der Waals surface area contributed by atoms with Crippen LogP contribution in [0.15, 0.2) is 47.4 Å². The Labute approximate surface area is 237 Å². The molecule has 226 valence electrons. The van der Waals surface area contributed by atoms with Crippen molar-refractivity contribution in [1.29, 1.82) is 0 Å². The Hall–Kier alpha value is -3.36. The highest BCUT2D eigenvalue weighted by atomic mass is 32.2. The topological polar surface area (TPSA) is 125 Å². The first-order chi connectivity index (χ1) is 19.2. The van der Waals surface area contributed by atoms with Gasteiger partial charge in [0.15, 0.2) is 0 Å². The Morgan fingerprint density at radius 1 is 1.24 bits per heavy atom. The van der Waals surface area contributed by atoms with E-state index in [2.05, 4.69) is 5.32 Å². The van der Waals surface area contributed by atoms with E-state index >= 15 is 0 Å². The van der Waals surface area contributed by atoms with Gasteiger partial charge in [-0.1, -0.05) is 6.92 Å². The number of likely N-dealkylation sites (N-methyl/N-ethyl adjacent to an activating group) is 1. The molecule has 0 saturated heterocycles. The Morgan fingerprint density at radius 2 is 1.90 bits per heavy atom. The number of nitrogens with zero attached hydrogens (tertiary/aromatic N) is 2. The third kappa shape index (κ3) is 8.11. The molecule has 0 aromatic heterocycles. The van der Waals surface area contributed by atoms with E-state index in [4.69, 9.17) is 9.47 Å². The minimum atomic E-state index is -4.49. The quantitative estimate of drug-likeness (QED) is 0.427. The minimum absolute atomic E-state index is 0.0106. The number of anilines is 1. The van der Waals surface area contributed by atoms with E-state index in [-0.39, 0.29) is 47.5 Å². The first-order valence-electron chi connectivity index (χ1n) is 12.9. The third-order valence-electron chi connectivity index (χ3n) is 6.79. The van der Waals surface area contributed by atoms with E-state index in [0.29, 0.717) is 5.75 Å². The first kappa shape index (κ1) is 32.2. The van der Waals surface area contributed by atoms with E-state index in [1.54, 1.807) is 13.8 Å². The number of carbonyl (C=O) groups is 2. The molecule has 0 aliphatic carbocycles. The molecule has 2 amide bonds. The lowest BCUT2D eigenvalue weighted by Crippen LogP contribution is -2.50. The fourth-order valence-corrected chi connectivity index (χ4v) is 5.46. The normalized spacial score (nSPS) is 18.7. The Bertz CT molecular complexity index is 1340. The minimum Gasteiger partial charge on any atom is -0.497 e. The van der Waals surface area contributed by atoms with Gasteiger partial charge in [0, 0.05) is 31.6 Å². The summed E-state index contributed by atoms with van der Waals surface area (Å²) in [6, 6.07) is 9.39. The highest BCUT2D eigenvalue weighted by Gasteiger charge is 2.35. The summed E-state index contributed by atoms with van der Waals surface area (Å²) in [6.07, 6.45) is -7.30. The van der Waals surface area contributed by atoms with Crippen LogP contribution in [0.4, 0.5) is 18.9 Å². The summed E-state index contributed by atoms with van der Waals surface area (Å²) in [4.78, 5) is 27.1. The molecule has 0 radical (unpaired) electrons. The van der Waals surface area contributed by atoms with Crippen LogP contribution < -0.4 is 14.8 Å². The fraction of sp³-hybridized carbons (Fsp3) is 0.481. The van der Waals surface area contributed by atoms with Gasteiger partial charge in [-0.3, -0.25) is 9.59 Å². The number of sulfonamides is 1. The van der Waals surface area contributed by atoms with Gasteiger partial charge in [-0.15, -0.1) is 0 Å². The maximum absolute atomic E-state index is 13.5. The van der Waals surface area contributed by atoms with Crippen molar-refractivity contribution in [1.82, 2.24) is 9.21 Å². The molecule has 10 nitrogen and oxygen atoms in total. The monoisotopic (exact) mass is 601 g/mol. The molecule has 2 aromatic carbocycles. The number of carbonyl (C=O) groups excluding carboxylic acids is 2. The molecule has 0 bridgehead atoms. The highest BCUT2D eigenvalue weighted by Crippen LogP contribution is 2.31. The van der Waals surface area contributed by atoms with E-state index < -0.39 is 53.0 Å². The maximum atomic E-state index is 13.5. The van der Waals surface area contributed by atoms with Crippen LogP contribution in [0.1, 0.15) is 37.0 Å². The van der Waals surface area contributed by atoms with Gasteiger partial charge in [0.25, 0.3) is 5.91 Å². The highest BCUT2D eigenvalue weighted by molar-refractivity contribution is 7.89. The molecular formula is C27H34F3N3O7S. The SMILES string of the molecule is COc1ccc(S(=O)(=O)N(C)C[C@H]2Oc3ccc(NC(=O)CCC(F)(F)F)cc3C(=O)N([C@H](C)CO)C[C@H]2C)cc1. The van der Waals surface area contributed by atoms with Crippen LogP contribution >= 0.6 is 0 Å². The maximum Gasteiger partial charge on any atom is 0.389 e. The standard InChI is InChI=1S/C27H34F3N3O7S/c1-17-14-33(18(2)16-34)26(36)22-13-19(31-25(35)11-12-27(28,29)30)5-10-23(22)40-24(17)15-32(3)41(37,38)21-8-6-20(39-4)7-9-21/h5-10,13,17-18,24,34H,11-12,14-16H2,1-4H3,(H,31,35)/t17-,18-,24-/m1/s1. The number of hydrogen-bond donors (Lipinski definition) is 2. The number of fused-ring (bicyclic) bond motifs is 1. The van der Waals surface area contributed by atoms with Gasteiger partial charge in [-0.05, 0) is 49.4 Å². The zero-order chi connectivity index (χ0) is 30.5. The second kappa shape index (κ2) is 13.1. The van der Waals surface area contributed by atoms with Crippen LogP contribution in [0.5, 0.6) is 11.5 Å². The van der Waals surface area contributed by atoms with Gasteiger partial charge < -0.3 is 24.8 Å². The van der Waals surface area contributed by atoms with Gasteiger partial charge in [-0.25, -0.2) is 8.42 Å². The van der Waals surface area contributed by atoms with Gasteiger partial charge in [0.2, 0.25) is 15.9 Å². The van der Waals surface area contributed by atoms with Crippen molar-refractivity contribution in [2.75, 3.05) is 39.2 Å². The molecule has 3 rings (SSSR count). The summed E-state index contributed by atoms with van der Waals surface area (Å²) in [5.74, 6) is -1.17. The number of ether oxygens (including phenoxy) is 2. The van der Waals surface area contributed by atoms with Gasteiger partial charge in [0.1, 0.15) is 17.6 Å². The number of halogens is 3. The number of alkyl halides is 3. The summed E-state index contributed by atoms with van der Waals surface area (Å²) in [5.41, 5.74) is 0.102. The zero-order valence-electron chi connectivity index (χ0n) is 23.1. The molecule has 0 spiro atoms. The molecule has 14 heteroatoms. The lowest BCUT2D eigenvalue weighted by Gasteiger charge is -2.38. The molecule has 2 N–H and O–H groups in total. The van der Waals surface area contributed by atoms with Gasteiger partial charge in [-0.2, -0.15) is 17.5 Å². The first-order valence-corrected chi connectivity index (χ1v) is 14.3. The van der Waals surface area contributed by atoms with E-state index in [1.807, 2.05) is 0 Å². The van der Waals surface area contributed by atoms with Crippen LogP contribution in [-0.4, -0.2) is 86.7 Å². The predicted molar refractivity (Wildman–Crippen MR) is 144 cm³/mol. The molecule has 0 saturated carbocycles. The van der Waals surface area contributed by atoms with Crippen molar-refractivity contribution in [2.24, 2.45) is 5.92 Å². The molecular weight excluding hydrogens is 567 g/mol. The van der Waals surface area contributed by atoms with Crippen molar-refractivity contribution in [2.45, 2.75) is 49.9 Å². The van der Waals surface area contributed by atoms with Crippen LogP contribution in [0.3, 0.4) is 0 Å². The smallest absolute Gasteiger partial charge is 0.389 e. The summed E-state index contributed by atoms with van der Waals surface area (Å²) in [7, 11) is -1.04. The number of nitrogens with one attached hydrogen (secondary N) is 1. The second-order valence-corrected chi connectivity index (χ2v) is 12.0. The average Bonchev–Trinajstić information content (AvgIpc) is 2.93. The lowest BCUT2D eigenvalue weighted by atomic mass is 9.99. The predicted octanol–water partition coefficient (Wildman–Crippen LogP) is 3.52. The summed E-state index contributed by atoms with van der Waals surface area (Å²) >= 11 is 0. The number of methoxy groups -OCH3 is 1. The zero-order valence-corrected chi connectivity index (χ0v) is 24.0. The molecule has 1 heterocycles. The number of aliphatic hydroxyl groups excluding tert-OH is 1. The summed E-state index contributed by atoms with van der Waals surface area (Å²) < 4.78 is 76.5. The van der Waals surface area contributed by atoms with E-state index in [1.165, 1.54) is 61.5 Å².